The standard InChI is InChI=1S/C63H122O6/c1-7-58(5)50-44-38-32-26-22-18-15-16-19-23-27-34-40-46-52-61(64)67-55-60(56-68-62(65)53-47-41-35-30-29-33-39-45-51-59(6)8-2)69-63(66)54-48-42-36-28-24-20-14-12-10-9-11-13-17-21-25-31-37-43-49-57(3)4/h57-60H,7-56H2,1-6H3/t58?,59?,60-/m1/s1. The fourth-order valence-corrected chi connectivity index (χ4v) is 9.64. The van der Waals surface area contributed by atoms with Crippen LogP contribution in [0.15, 0.2) is 0 Å². The molecule has 410 valence electrons. The molecule has 2 unspecified atom stereocenters. The van der Waals surface area contributed by atoms with Gasteiger partial charge in [-0.2, -0.15) is 0 Å². The first kappa shape index (κ1) is 67.4. The summed E-state index contributed by atoms with van der Waals surface area (Å²) < 4.78 is 16.9. The molecule has 0 aliphatic carbocycles. The Balaban J connectivity index is 4.26. The molecule has 0 aromatic heterocycles. The molecule has 0 saturated heterocycles. The molecule has 0 aromatic carbocycles. The molecule has 0 bridgehead atoms. The zero-order valence-corrected chi connectivity index (χ0v) is 47.6. The highest BCUT2D eigenvalue weighted by atomic mass is 16.6. The van der Waals surface area contributed by atoms with Crippen LogP contribution < -0.4 is 0 Å². The summed E-state index contributed by atoms with van der Waals surface area (Å²) in [6, 6.07) is 0. The molecule has 0 fully saturated rings. The van der Waals surface area contributed by atoms with Crippen LogP contribution in [0.25, 0.3) is 0 Å². The molecule has 0 spiro atoms. The Morgan fingerprint density at radius 2 is 0.507 bits per heavy atom. The Labute approximate surface area is 431 Å². The van der Waals surface area contributed by atoms with E-state index in [-0.39, 0.29) is 31.1 Å². The van der Waals surface area contributed by atoms with E-state index in [1.165, 1.54) is 231 Å². The van der Waals surface area contributed by atoms with Crippen molar-refractivity contribution < 1.29 is 28.6 Å². The molecule has 0 N–H and O–H groups in total. The van der Waals surface area contributed by atoms with Crippen molar-refractivity contribution in [2.24, 2.45) is 17.8 Å². The number of esters is 3. The average molecular weight is 976 g/mol. The van der Waals surface area contributed by atoms with Gasteiger partial charge in [0, 0.05) is 19.3 Å². The van der Waals surface area contributed by atoms with E-state index in [4.69, 9.17) is 14.2 Å². The maximum atomic E-state index is 12.9. The largest absolute Gasteiger partial charge is 0.462 e. The van der Waals surface area contributed by atoms with Crippen molar-refractivity contribution in [1.82, 2.24) is 0 Å². The predicted octanol–water partition coefficient (Wildman–Crippen LogP) is 20.7. The van der Waals surface area contributed by atoms with Crippen LogP contribution >= 0.6 is 0 Å². The quantitative estimate of drug-likeness (QED) is 0.0343. The SMILES string of the molecule is CCC(C)CCCCCCCCCCCCCCCCC(=O)OC[C@H](COC(=O)CCCCCCCCCCC(C)CC)OC(=O)CCCCCCCCCCCCCCCCCCCCC(C)C. The molecule has 0 aromatic rings. The summed E-state index contributed by atoms with van der Waals surface area (Å²) in [7, 11) is 0. The maximum Gasteiger partial charge on any atom is 0.306 e. The van der Waals surface area contributed by atoms with Crippen molar-refractivity contribution in [3.05, 3.63) is 0 Å². The molecular weight excluding hydrogens is 853 g/mol. The minimum absolute atomic E-state index is 0.0633. The van der Waals surface area contributed by atoms with Crippen molar-refractivity contribution in [2.75, 3.05) is 13.2 Å². The number of ether oxygens (including phenoxy) is 3. The third-order valence-electron chi connectivity index (χ3n) is 15.1. The summed E-state index contributed by atoms with van der Waals surface area (Å²) in [5.41, 5.74) is 0. The molecule has 0 aliphatic heterocycles. The first-order chi connectivity index (χ1) is 33.7. The third kappa shape index (κ3) is 54.0. The second kappa shape index (κ2) is 54.2. The van der Waals surface area contributed by atoms with Crippen molar-refractivity contribution in [3.63, 3.8) is 0 Å². The van der Waals surface area contributed by atoms with E-state index in [0.717, 1.165) is 75.5 Å². The van der Waals surface area contributed by atoms with Gasteiger partial charge in [-0.3, -0.25) is 14.4 Å². The first-order valence-electron chi connectivity index (χ1n) is 31.2. The fourth-order valence-electron chi connectivity index (χ4n) is 9.64. The molecule has 0 radical (unpaired) electrons. The zero-order valence-electron chi connectivity index (χ0n) is 47.6. The van der Waals surface area contributed by atoms with E-state index < -0.39 is 6.10 Å². The summed E-state index contributed by atoms with van der Waals surface area (Å²) in [5.74, 6) is 1.76. The Morgan fingerprint density at radius 1 is 0.290 bits per heavy atom. The zero-order chi connectivity index (χ0) is 50.5. The van der Waals surface area contributed by atoms with Gasteiger partial charge in [0.05, 0.1) is 0 Å². The van der Waals surface area contributed by atoms with Gasteiger partial charge in [-0.25, -0.2) is 0 Å². The number of rotatable bonds is 56. The van der Waals surface area contributed by atoms with Crippen LogP contribution in [-0.2, 0) is 28.6 Å². The van der Waals surface area contributed by atoms with E-state index in [2.05, 4.69) is 41.5 Å². The van der Waals surface area contributed by atoms with Crippen LogP contribution in [-0.4, -0.2) is 37.2 Å². The Kier molecular flexibility index (Phi) is 52.9. The van der Waals surface area contributed by atoms with Gasteiger partial charge in [-0.15, -0.1) is 0 Å². The minimum atomic E-state index is -0.764. The van der Waals surface area contributed by atoms with Crippen LogP contribution in [0.1, 0.15) is 350 Å². The molecule has 69 heavy (non-hydrogen) atoms. The second-order valence-electron chi connectivity index (χ2n) is 22.7. The van der Waals surface area contributed by atoms with Gasteiger partial charge in [0.15, 0.2) is 6.10 Å². The third-order valence-corrected chi connectivity index (χ3v) is 15.1. The summed E-state index contributed by atoms with van der Waals surface area (Å²) in [6.45, 7) is 13.8. The summed E-state index contributed by atoms with van der Waals surface area (Å²) >= 11 is 0. The molecule has 0 rings (SSSR count). The smallest absolute Gasteiger partial charge is 0.306 e. The number of carbonyl (C=O) groups is 3. The molecule has 0 heterocycles. The lowest BCUT2D eigenvalue weighted by Crippen LogP contribution is -2.30. The van der Waals surface area contributed by atoms with Crippen molar-refractivity contribution in [2.45, 2.75) is 356 Å². The lowest BCUT2D eigenvalue weighted by atomic mass is 9.99. The van der Waals surface area contributed by atoms with Gasteiger partial charge in [0.25, 0.3) is 0 Å². The van der Waals surface area contributed by atoms with E-state index in [9.17, 15) is 14.4 Å². The van der Waals surface area contributed by atoms with Gasteiger partial charge < -0.3 is 14.2 Å². The molecule has 6 heteroatoms. The fraction of sp³-hybridized carbons (Fsp3) is 0.952. The van der Waals surface area contributed by atoms with E-state index in [0.29, 0.717) is 19.3 Å². The van der Waals surface area contributed by atoms with Gasteiger partial charge in [-0.05, 0) is 37.0 Å². The van der Waals surface area contributed by atoms with Crippen LogP contribution in [0.4, 0.5) is 0 Å². The van der Waals surface area contributed by atoms with Gasteiger partial charge in [0.2, 0.25) is 0 Å². The minimum Gasteiger partial charge on any atom is -0.462 e. The lowest BCUT2D eigenvalue weighted by molar-refractivity contribution is -0.167. The van der Waals surface area contributed by atoms with E-state index in [1.54, 1.807) is 0 Å². The normalized spacial score (nSPS) is 12.9. The van der Waals surface area contributed by atoms with Crippen molar-refractivity contribution in [1.29, 1.82) is 0 Å². The van der Waals surface area contributed by atoms with Gasteiger partial charge in [-0.1, -0.05) is 311 Å². The first-order valence-corrected chi connectivity index (χ1v) is 31.2. The highest BCUT2D eigenvalue weighted by molar-refractivity contribution is 5.71. The van der Waals surface area contributed by atoms with Crippen LogP contribution in [0.5, 0.6) is 0 Å². The van der Waals surface area contributed by atoms with Gasteiger partial charge >= 0.3 is 17.9 Å². The Hall–Kier alpha value is -1.59. The topological polar surface area (TPSA) is 78.9 Å². The molecule has 3 atom stereocenters. The second-order valence-corrected chi connectivity index (χ2v) is 22.7. The van der Waals surface area contributed by atoms with E-state index >= 15 is 0 Å². The van der Waals surface area contributed by atoms with Crippen molar-refractivity contribution in [3.8, 4) is 0 Å². The maximum absolute atomic E-state index is 12.9. The number of hydrogen-bond acceptors (Lipinski definition) is 6. The summed E-state index contributed by atoms with van der Waals surface area (Å²) in [4.78, 5) is 38.2. The molecule has 0 amide bonds. The van der Waals surface area contributed by atoms with Crippen LogP contribution in [0.2, 0.25) is 0 Å². The Bertz CT molecular complexity index is 1070. The predicted molar refractivity (Wildman–Crippen MR) is 298 cm³/mol. The summed E-state index contributed by atoms with van der Waals surface area (Å²) in [5, 5.41) is 0. The number of hydrogen-bond donors (Lipinski definition) is 0. The monoisotopic (exact) mass is 975 g/mol. The number of unbranched alkanes of at least 4 members (excludes halogenated alkanes) is 37. The van der Waals surface area contributed by atoms with Crippen LogP contribution in [0, 0.1) is 17.8 Å². The highest BCUT2D eigenvalue weighted by Crippen LogP contribution is 2.20. The number of carbonyl (C=O) groups excluding carboxylic acids is 3. The van der Waals surface area contributed by atoms with E-state index in [1.807, 2.05) is 0 Å². The highest BCUT2D eigenvalue weighted by Gasteiger charge is 2.19. The van der Waals surface area contributed by atoms with Gasteiger partial charge in [0.1, 0.15) is 13.2 Å². The average Bonchev–Trinajstić information content (AvgIpc) is 3.34. The molecular formula is C63H122O6. The lowest BCUT2D eigenvalue weighted by Gasteiger charge is -2.18. The Morgan fingerprint density at radius 3 is 0.754 bits per heavy atom. The molecule has 0 aliphatic rings. The molecule has 0 saturated carbocycles. The molecule has 6 nitrogen and oxygen atoms in total. The van der Waals surface area contributed by atoms with Crippen LogP contribution in [0.3, 0.4) is 0 Å². The van der Waals surface area contributed by atoms with Crippen molar-refractivity contribution >= 4 is 17.9 Å². The summed E-state index contributed by atoms with van der Waals surface area (Å²) in [6.07, 6.45) is 58.1.